The first kappa shape index (κ1) is 13.4. The van der Waals surface area contributed by atoms with E-state index >= 15 is 0 Å². The number of aryl methyl sites for hydroxylation is 1. The highest BCUT2D eigenvalue weighted by atomic mass is 79.9. The molecular formula is C14H13BrClNO. The van der Waals surface area contributed by atoms with Gasteiger partial charge >= 0.3 is 0 Å². The molecule has 0 saturated carbocycles. The van der Waals surface area contributed by atoms with Crippen LogP contribution in [0, 0.1) is 20.8 Å². The van der Waals surface area contributed by atoms with E-state index in [-0.39, 0.29) is 5.78 Å². The van der Waals surface area contributed by atoms with Gasteiger partial charge in [0, 0.05) is 20.8 Å². The Balaban J connectivity index is 2.54. The van der Waals surface area contributed by atoms with E-state index in [4.69, 9.17) is 11.6 Å². The Hall–Kier alpha value is -1.06. The summed E-state index contributed by atoms with van der Waals surface area (Å²) >= 11 is 9.33. The number of ketones is 1. The Morgan fingerprint density at radius 3 is 2.44 bits per heavy atom. The molecule has 0 aliphatic carbocycles. The molecule has 0 aliphatic rings. The number of halogens is 2. The molecule has 0 saturated heterocycles. The first-order valence-electron chi connectivity index (χ1n) is 5.57. The van der Waals surface area contributed by atoms with E-state index in [2.05, 4.69) is 20.9 Å². The minimum absolute atomic E-state index is 0.0434. The molecule has 0 aliphatic heterocycles. The topological polar surface area (TPSA) is 32.9 Å². The van der Waals surface area contributed by atoms with Gasteiger partial charge in [-0.3, -0.25) is 4.79 Å². The SMILES string of the molecule is Cc1[nH]c(C(=O)c2cc(Cl)ccc2Br)c(C)c1C. The lowest BCUT2D eigenvalue weighted by molar-refractivity contribution is 0.103. The third-order valence-corrected chi connectivity index (χ3v) is 4.14. The Morgan fingerprint density at radius 2 is 1.89 bits per heavy atom. The fraction of sp³-hybridized carbons (Fsp3) is 0.214. The zero-order valence-corrected chi connectivity index (χ0v) is 12.7. The van der Waals surface area contributed by atoms with Crippen LogP contribution < -0.4 is 0 Å². The molecule has 2 rings (SSSR count). The van der Waals surface area contributed by atoms with Gasteiger partial charge in [0.05, 0.1) is 5.69 Å². The summed E-state index contributed by atoms with van der Waals surface area (Å²) in [5, 5.41) is 0.555. The van der Waals surface area contributed by atoms with Gasteiger partial charge in [0.2, 0.25) is 5.78 Å². The summed E-state index contributed by atoms with van der Waals surface area (Å²) in [5.41, 5.74) is 4.34. The fourth-order valence-electron chi connectivity index (χ4n) is 1.88. The lowest BCUT2D eigenvalue weighted by Gasteiger charge is -2.04. The minimum atomic E-state index is -0.0434. The van der Waals surface area contributed by atoms with Crippen molar-refractivity contribution in [3.63, 3.8) is 0 Å². The van der Waals surface area contributed by atoms with Gasteiger partial charge in [-0.05, 0) is 50.1 Å². The molecule has 1 aromatic heterocycles. The molecule has 0 unspecified atom stereocenters. The Morgan fingerprint density at radius 1 is 1.22 bits per heavy atom. The number of carbonyl (C=O) groups is 1. The van der Waals surface area contributed by atoms with Crippen LogP contribution in [-0.2, 0) is 0 Å². The molecule has 0 amide bonds. The molecule has 1 heterocycles. The summed E-state index contributed by atoms with van der Waals surface area (Å²) in [7, 11) is 0. The number of benzene rings is 1. The maximum Gasteiger partial charge on any atom is 0.210 e. The van der Waals surface area contributed by atoms with Crippen molar-refractivity contribution >= 4 is 33.3 Å². The molecular weight excluding hydrogens is 314 g/mol. The third kappa shape index (κ3) is 2.25. The van der Waals surface area contributed by atoms with Crippen LogP contribution in [-0.4, -0.2) is 10.8 Å². The molecule has 1 N–H and O–H groups in total. The number of H-pyrrole nitrogens is 1. The molecule has 18 heavy (non-hydrogen) atoms. The van der Waals surface area contributed by atoms with Crippen molar-refractivity contribution in [2.24, 2.45) is 0 Å². The summed E-state index contributed by atoms with van der Waals surface area (Å²) in [4.78, 5) is 15.6. The second kappa shape index (κ2) is 4.90. The van der Waals surface area contributed by atoms with E-state index < -0.39 is 0 Å². The monoisotopic (exact) mass is 325 g/mol. The van der Waals surface area contributed by atoms with Crippen molar-refractivity contribution in [2.75, 3.05) is 0 Å². The van der Waals surface area contributed by atoms with Crippen molar-refractivity contribution in [1.29, 1.82) is 0 Å². The highest BCUT2D eigenvalue weighted by Gasteiger charge is 2.19. The van der Waals surface area contributed by atoms with E-state index in [1.54, 1.807) is 18.2 Å². The van der Waals surface area contributed by atoms with Gasteiger partial charge in [-0.1, -0.05) is 27.5 Å². The quantitative estimate of drug-likeness (QED) is 0.805. The zero-order valence-electron chi connectivity index (χ0n) is 10.4. The highest BCUT2D eigenvalue weighted by molar-refractivity contribution is 9.10. The number of aromatic nitrogens is 1. The van der Waals surface area contributed by atoms with Crippen molar-refractivity contribution in [3.8, 4) is 0 Å². The number of rotatable bonds is 2. The van der Waals surface area contributed by atoms with Gasteiger partial charge in [0.25, 0.3) is 0 Å². The second-order valence-corrected chi connectivity index (χ2v) is 5.62. The number of nitrogens with one attached hydrogen (secondary N) is 1. The maximum absolute atomic E-state index is 12.5. The first-order valence-corrected chi connectivity index (χ1v) is 6.74. The van der Waals surface area contributed by atoms with Crippen LogP contribution in [0.2, 0.25) is 5.02 Å². The number of carbonyl (C=O) groups excluding carboxylic acids is 1. The Kier molecular flexibility index (Phi) is 3.64. The van der Waals surface area contributed by atoms with Crippen LogP contribution in [0.15, 0.2) is 22.7 Å². The van der Waals surface area contributed by atoms with Crippen LogP contribution in [0.1, 0.15) is 32.9 Å². The van der Waals surface area contributed by atoms with E-state index in [0.717, 1.165) is 21.3 Å². The number of aromatic amines is 1. The molecule has 0 atom stereocenters. The van der Waals surface area contributed by atoms with Crippen molar-refractivity contribution in [2.45, 2.75) is 20.8 Å². The van der Waals surface area contributed by atoms with Crippen LogP contribution in [0.4, 0.5) is 0 Å². The molecule has 4 heteroatoms. The van der Waals surface area contributed by atoms with Crippen LogP contribution in [0.5, 0.6) is 0 Å². The van der Waals surface area contributed by atoms with E-state index in [1.165, 1.54) is 0 Å². The minimum Gasteiger partial charge on any atom is -0.356 e. The van der Waals surface area contributed by atoms with Gasteiger partial charge in [-0.25, -0.2) is 0 Å². The lowest BCUT2D eigenvalue weighted by atomic mass is 10.0. The fourth-order valence-corrected chi connectivity index (χ4v) is 2.48. The number of hydrogen-bond donors (Lipinski definition) is 1. The summed E-state index contributed by atoms with van der Waals surface area (Å²) < 4.78 is 0.751. The molecule has 0 fully saturated rings. The summed E-state index contributed by atoms with van der Waals surface area (Å²) in [5.74, 6) is -0.0434. The van der Waals surface area contributed by atoms with E-state index in [9.17, 15) is 4.79 Å². The standard InChI is InChI=1S/C14H13BrClNO/c1-7-8(2)13(17-9(7)3)14(18)11-6-10(16)4-5-12(11)15/h4-6,17H,1-3H3. The summed E-state index contributed by atoms with van der Waals surface area (Å²) in [6.45, 7) is 5.92. The maximum atomic E-state index is 12.5. The molecule has 0 spiro atoms. The molecule has 1 aromatic carbocycles. The predicted molar refractivity (Wildman–Crippen MR) is 77.6 cm³/mol. The molecule has 94 valence electrons. The largest absolute Gasteiger partial charge is 0.356 e. The van der Waals surface area contributed by atoms with Crippen LogP contribution in [0.3, 0.4) is 0 Å². The molecule has 2 nitrogen and oxygen atoms in total. The lowest BCUT2D eigenvalue weighted by Crippen LogP contribution is -2.05. The summed E-state index contributed by atoms with van der Waals surface area (Å²) in [6.07, 6.45) is 0. The molecule has 0 bridgehead atoms. The molecule has 2 aromatic rings. The van der Waals surface area contributed by atoms with Gasteiger partial charge in [-0.15, -0.1) is 0 Å². The van der Waals surface area contributed by atoms with Gasteiger partial charge in [0.1, 0.15) is 0 Å². The number of hydrogen-bond acceptors (Lipinski definition) is 1. The van der Waals surface area contributed by atoms with E-state index in [0.29, 0.717) is 16.3 Å². The average molecular weight is 327 g/mol. The molecule has 0 radical (unpaired) electrons. The highest BCUT2D eigenvalue weighted by Crippen LogP contribution is 2.26. The van der Waals surface area contributed by atoms with Crippen LogP contribution in [0.25, 0.3) is 0 Å². The second-order valence-electron chi connectivity index (χ2n) is 4.33. The predicted octanol–water partition coefficient (Wildman–Crippen LogP) is 4.59. The third-order valence-electron chi connectivity index (χ3n) is 3.21. The first-order chi connectivity index (χ1) is 8.41. The average Bonchev–Trinajstić information content (AvgIpc) is 2.59. The van der Waals surface area contributed by atoms with Crippen molar-refractivity contribution < 1.29 is 4.79 Å². The van der Waals surface area contributed by atoms with Crippen molar-refractivity contribution in [1.82, 2.24) is 4.98 Å². The van der Waals surface area contributed by atoms with Gasteiger partial charge < -0.3 is 4.98 Å². The smallest absolute Gasteiger partial charge is 0.210 e. The Bertz CT molecular complexity index is 631. The summed E-state index contributed by atoms with van der Waals surface area (Å²) in [6, 6.07) is 5.22. The van der Waals surface area contributed by atoms with Crippen molar-refractivity contribution in [3.05, 3.63) is 55.8 Å². The normalized spacial score (nSPS) is 10.7. The zero-order chi connectivity index (χ0) is 13.4. The van der Waals surface area contributed by atoms with Crippen LogP contribution >= 0.6 is 27.5 Å². The van der Waals surface area contributed by atoms with E-state index in [1.807, 2.05) is 20.8 Å². The van der Waals surface area contributed by atoms with Gasteiger partial charge in [-0.2, -0.15) is 0 Å². The Labute approximate surface area is 119 Å². The van der Waals surface area contributed by atoms with Gasteiger partial charge in [0.15, 0.2) is 0 Å².